The van der Waals surface area contributed by atoms with Crippen LogP contribution in [-0.4, -0.2) is 4.98 Å². The zero-order chi connectivity index (χ0) is 10.7. The maximum Gasteiger partial charge on any atom is 0.123 e. The number of hydrogen-bond acceptors (Lipinski definition) is 2. The molecule has 0 spiro atoms. The molecule has 1 aromatic heterocycles. The molecule has 0 unspecified atom stereocenters. The fraction of sp³-hybridized carbons (Fsp3) is 0. The summed E-state index contributed by atoms with van der Waals surface area (Å²) in [6.07, 6.45) is 1.73. The van der Waals surface area contributed by atoms with Crippen molar-refractivity contribution in [1.82, 2.24) is 4.98 Å². The molecular formula is C11H7BrFNS. The van der Waals surface area contributed by atoms with E-state index >= 15 is 0 Å². The molecular weight excluding hydrogens is 277 g/mol. The predicted octanol–water partition coefficient (Wildman–Crippen LogP) is 4.13. The highest BCUT2D eigenvalue weighted by atomic mass is 79.9. The van der Waals surface area contributed by atoms with Gasteiger partial charge in [-0.2, -0.15) is 0 Å². The molecule has 0 fully saturated rings. The topological polar surface area (TPSA) is 12.9 Å². The fourth-order valence-corrected chi connectivity index (χ4v) is 2.33. The van der Waals surface area contributed by atoms with Crippen molar-refractivity contribution < 1.29 is 4.39 Å². The van der Waals surface area contributed by atoms with Gasteiger partial charge in [0.25, 0.3) is 0 Å². The van der Waals surface area contributed by atoms with Gasteiger partial charge in [0.05, 0.1) is 4.47 Å². The van der Waals surface area contributed by atoms with Crippen molar-refractivity contribution >= 4 is 27.7 Å². The lowest BCUT2D eigenvalue weighted by molar-refractivity contribution is 0.626. The van der Waals surface area contributed by atoms with E-state index in [0.717, 1.165) is 14.4 Å². The number of rotatable bonds is 2. The molecule has 2 rings (SSSR count). The Morgan fingerprint density at radius 3 is 2.53 bits per heavy atom. The van der Waals surface area contributed by atoms with E-state index in [0.29, 0.717) is 0 Å². The maximum absolute atomic E-state index is 12.7. The summed E-state index contributed by atoms with van der Waals surface area (Å²) in [5.41, 5.74) is 0. The number of pyridine rings is 1. The number of hydrogen-bond donors (Lipinski definition) is 0. The zero-order valence-corrected chi connectivity index (χ0v) is 10.1. The van der Waals surface area contributed by atoms with Gasteiger partial charge in [0, 0.05) is 11.1 Å². The van der Waals surface area contributed by atoms with Crippen molar-refractivity contribution in [2.45, 2.75) is 9.92 Å². The molecule has 0 N–H and O–H groups in total. The molecule has 1 nitrogen and oxygen atoms in total. The van der Waals surface area contributed by atoms with Gasteiger partial charge in [-0.25, -0.2) is 9.37 Å². The van der Waals surface area contributed by atoms with E-state index in [1.54, 1.807) is 18.3 Å². The van der Waals surface area contributed by atoms with Gasteiger partial charge in [0.15, 0.2) is 0 Å². The van der Waals surface area contributed by atoms with Gasteiger partial charge in [0.1, 0.15) is 10.8 Å². The monoisotopic (exact) mass is 283 g/mol. The van der Waals surface area contributed by atoms with Gasteiger partial charge in [-0.05, 0) is 52.3 Å². The molecule has 0 aliphatic heterocycles. The summed E-state index contributed by atoms with van der Waals surface area (Å²) in [6.45, 7) is 0. The number of benzene rings is 1. The third kappa shape index (κ3) is 2.79. The molecule has 0 bridgehead atoms. The first-order valence-corrected chi connectivity index (χ1v) is 5.90. The molecule has 0 amide bonds. The van der Waals surface area contributed by atoms with Gasteiger partial charge in [-0.15, -0.1) is 0 Å². The number of nitrogens with zero attached hydrogens (tertiary/aromatic N) is 1. The van der Waals surface area contributed by atoms with Crippen LogP contribution in [0, 0.1) is 5.82 Å². The van der Waals surface area contributed by atoms with Gasteiger partial charge in [-0.1, -0.05) is 11.8 Å². The summed E-state index contributed by atoms with van der Waals surface area (Å²) in [5, 5.41) is 0.879. The third-order valence-electron chi connectivity index (χ3n) is 1.75. The molecule has 1 aromatic carbocycles. The highest BCUT2D eigenvalue weighted by Gasteiger charge is 2.02. The minimum Gasteiger partial charge on any atom is -0.248 e. The normalized spacial score (nSPS) is 10.3. The molecule has 1 heterocycles. The molecule has 0 aliphatic rings. The minimum atomic E-state index is -0.223. The van der Waals surface area contributed by atoms with E-state index in [9.17, 15) is 4.39 Å². The van der Waals surface area contributed by atoms with Gasteiger partial charge in [0.2, 0.25) is 0 Å². The van der Waals surface area contributed by atoms with Crippen molar-refractivity contribution in [2.75, 3.05) is 0 Å². The average Bonchev–Trinajstić information content (AvgIpc) is 2.25. The van der Waals surface area contributed by atoms with Crippen LogP contribution < -0.4 is 0 Å². The van der Waals surface area contributed by atoms with Crippen molar-refractivity contribution in [3.05, 3.63) is 52.9 Å². The minimum absolute atomic E-state index is 0.223. The van der Waals surface area contributed by atoms with Crippen LogP contribution in [0.2, 0.25) is 0 Å². The van der Waals surface area contributed by atoms with Crippen molar-refractivity contribution in [1.29, 1.82) is 0 Å². The quantitative estimate of drug-likeness (QED) is 0.822. The van der Waals surface area contributed by atoms with E-state index < -0.39 is 0 Å². The molecule has 0 radical (unpaired) electrons. The van der Waals surface area contributed by atoms with Crippen molar-refractivity contribution in [2.24, 2.45) is 0 Å². The first-order valence-electron chi connectivity index (χ1n) is 4.29. The molecule has 4 heteroatoms. The fourth-order valence-electron chi connectivity index (χ4n) is 1.06. The molecule has 76 valence electrons. The van der Waals surface area contributed by atoms with Crippen LogP contribution in [0.3, 0.4) is 0 Å². The lowest BCUT2D eigenvalue weighted by atomic mass is 10.4. The highest BCUT2D eigenvalue weighted by molar-refractivity contribution is 9.10. The summed E-state index contributed by atoms with van der Waals surface area (Å²) in [7, 11) is 0. The van der Waals surface area contributed by atoms with Crippen LogP contribution >= 0.6 is 27.7 Å². The largest absolute Gasteiger partial charge is 0.248 e. The maximum atomic E-state index is 12.7. The van der Waals surface area contributed by atoms with Crippen LogP contribution in [0.15, 0.2) is 57.0 Å². The predicted molar refractivity (Wildman–Crippen MR) is 62.5 cm³/mol. The van der Waals surface area contributed by atoms with Crippen LogP contribution in [0.5, 0.6) is 0 Å². The van der Waals surface area contributed by atoms with Crippen LogP contribution in [0.4, 0.5) is 4.39 Å². The van der Waals surface area contributed by atoms with Crippen LogP contribution in [0.1, 0.15) is 0 Å². The number of aromatic nitrogens is 1. The van der Waals surface area contributed by atoms with E-state index in [1.165, 1.54) is 23.9 Å². The van der Waals surface area contributed by atoms with Gasteiger partial charge < -0.3 is 0 Å². The molecule has 15 heavy (non-hydrogen) atoms. The Morgan fingerprint density at radius 2 is 1.87 bits per heavy atom. The van der Waals surface area contributed by atoms with E-state index in [4.69, 9.17) is 0 Å². The Kier molecular flexibility index (Phi) is 3.38. The second-order valence-corrected chi connectivity index (χ2v) is 4.76. The van der Waals surface area contributed by atoms with Gasteiger partial charge >= 0.3 is 0 Å². The smallest absolute Gasteiger partial charge is 0.123 e. The average molecular weight is 284 g/mol. The Balaban J connectivity index is 2.22. The Bertz CT molecular complexity index is 458. The summed E-state index contributed by atoms with van der Waals surface area (Å²) in [5.74, 6) is -0.223. The molecule has 0 saturated carbocycles. The van der Waals surface area contributed by atoms with Crippen molar-refractivity contribution in [3.63, 3.8) is 0 Å². The molecule has 2 aromatic rings. The van der Waals surface area contributed by atoms with E-state index in [2.05, 4.69) is 20.9 Å². The van der Waals surface area contributed by atoms with E-state index in [-0.39, 0.29) is 5.82 Å². The highest BCUT2D eigenvalue weighted by Crippen LogP contribution is 2.31. The summed E-state index contributed by atoms with van der Waals surface area (Å²) >= 11 is 4.91. The van der Waals surface area contributed by atoms with Crippen LogP contribution in [0.25, 0.3) is 0 Å². The molecule has 0 saturated heterocycles. The zero-order valence-electron chi connectivity index (χ0n) is 7.65. The second-order valence-electron chi connectivity index (χ2n) is 2.85. The molecule has 0 atom stereocenters. The number of halogens is 2. The van der Waals surface area contributed by atoms with Crippen LogP contribution in [-0.2, 0) is 0 Å². The summed E-state index contributed by atoms with van der Waals surface area (Å²) in [6, 6.07) is 10.2. The first-order chi connectivity index (χ1) is 7.25. The second kappa shape index (κ2) is 4.77. The first kappa shape index (κ1) is 10.6. The summed E-state index contributed by atoms with van der Waals surface area (Å²) in [4.78, 5) is 5.19. The SMILES string of the molecule is Fc1ccc(Sc2ncccc2Br)cc1. The lowest BCUT2D eigenvalue weighted by Crippen LogP contribution is -1.81. The Labute approximate surface area is 99.9 Å². The van der Waals surface area contributed by atoms with E-state index in [1.807, 2.05) is 12.1 Å². The lowest BCUT2D eigenvalue weighted by Gasteiger charge is -2.02. The Hall–Kier alpha value is -0.870. The third-order valence-corrected chi connectivity index (χ3v) is 3.68. The standard InChI is InChI=1S/C11H7BrFNS/c12-10-2-1-7-14-11(10)15-9-5-3-8(13)4-6-9/h1-7H. The molecule has 0 aliphatic carbocycles. The Morgan fingerprint density at radius 1 is 1.13 bits per heavy atom. The summed E-state index contributed by atoms with van der Waals surface area (Å²) < 4.78 is 13.6. The van der Waals surface area contributed by atoms with Gasteiger partial charge in [-0.3, -0.25) is 0 Å². The van der Waals surface area contributed by atoms with Crippen molar-refractivity contribution in [3.8, 4) is 0 Å².